The predicted molar refractivity (Wildman–Crippen MR) is 116 cm³/mol. The van der Waals surface area contributed by atoms with Crippen molar-refractivity contribution < 1.29 is 14.3 Å². The fourth-order valence-corrected chi connectivity index (χ4v) is 2.93. The first-order valence-corrected chi connectivity index (χ1v) is 10.4. The van der Waals surface area contributed by atoms with E-state index in [2.05, 4.69) is 20.7 Å². The SMILES string of the molecule is Cc1ccc(CCC(=O)NCCOC(=O)CCCn2nnc(-c3ccccc3)n2)cc1. The van der Waals surface area contributed by atoms with Crippen LogP contribution in [0.2, 0.25) is 0 Å². The van der Waals surface area contributed by atoms with Gasteiger partial charge in [0, 0.05) is 18.4 Å². The number of ether oxygens (including phenoxy) is 1. The van der Waals surface area contributed by atoms with Gasteiger partial charge in [0.2, 0.25) is 11.7 Å². The lowest BCUT2D eigenvalue weighted by Crippen LogP contribution is -2.28. The number of benzene rings is 2. The summed E-state index contributed by atoms with van der Waals surface area (Å²) >= 11 is 0. The van der Waals surface area contributed by atoms with Crippen molar-refractivity contribution in [2.45, 2.75) is 39.2 Å². The van der Waals surface area contributed by atoms with Crippen LogP contribution in [0.3, 0.4) is 0 Å². The first-order valence-electron chi connectivity index (χ1n) is 10.4. The zero-order valence-electron chi connectivity index (χ0n) is 17.7. The number of aryl methyl sites for hydroxylation is 3. The molecule has 1 heterocycles. The number of hydrogen-bond acceptors (Lipinski definition) is 6. The average molecular weight is 422 g/mol. The molecular formula is C23H27N5O3. The van der Waals surface area contributed by atoms with Crippen LogP contribution in [0.1, 0.15) is 30.4 Å². The first-order chi connectivity index (χ1) is 15.1. The zero-order chi connectivity index (χ0) is 21.9. The number of amides is 1. The number of rotatable bonds is 11. The standard InChI is InChI=1S/C23H27N5O3/c1-18-9-11-19(12-10-18)13-14-21(29)24-15-17-31-22(30)8-5-16-28-26-23(25-27-28)20-6-3-2-4-7-20/h2-4,6-7,9-12H,5,8,13-17H2,1H3,(H,24,29). The summed E-state index contributed by atoms with van der Waals surface area (Å²) in [5.41, 5.74) is 3.23. The molecule has 0 radical (unpaired) electrons. The largest absolute Gasteiger partial charge is 0.464 e. The van der Waals surface area contributed by atoms with Gasteiger partial charge < -0.3 is 10.1 Å². The van der Waals surface area contributed by atoms with Crippen LogP contribution in [0, 0.1) is 6.92 Å². The Morgan fingerprint density at radius 1 is 1.03 bits per heavy atom. The van der Waals surface area contributed by atoms with E-state index in [9.17, 15) is 9.59 Å². The number of esters is 1. The van der Waals surface area contributed by atoms with Crippen molar-refractivity contribution in [1.82, 2.24) is 25.5 Å². The smallest absolute Gasteiger partial charge is 0.305 e. The van der Waals surface area contributed by atoms with Crippen LogP contribution >= 0.6 is 0 Å². The molecule has 0 aliphatic rings. The van der Waals surface area contributed by atoms with Gasteiger partial charge in [-0.15, -0.1) is 10.2 Å². The van der Waals surface area contributed by atoms with Crippen molar-refractivity contribution in [2.75, 3.05) is 13.2 Å². The fourth-order valence-electron chi connectivity index (χ4n) is 2.93. The van der Waals surface area contributed by atoms with E-state index in [-0.39, 0.29) is 24.9 Å². The maximum Gasteiger partial charge on any atom is 0.305 e. The highest BCUT2D eigenvalue weighted by Crippen LogP contribution is 2.12. The van der Waals surface area contributed by atoms with Gasteiger partial charge in [-0.05, 0) is 30.5 Å². The Morgan fingerprint density at radius 2 is 1.81 bits per heavy atom. The second kappa shape index (κ2) is 11.6. The van der Waals surface area contributed by atoms with Crippen molar-refractivity contribution in [3.63, 3.8) is 0 Å². The predicted octanol–water partition coefficient (Wildman–Crippen LogP) is 2.72. The van der Waals surface area contributed by atoms with Gasteiger partial charge in [0.15, 0.2) is 0 Å². The number of carbonyl (C=O) groups is 2. The van der Waals surface area contributed by atoms with Crippen LogP contribution in [0.25, 0.3) is 11.4 Å². The molecule has 3 rings (SSSR count). The first kappa shape index (κ1) is 22.1. The summed E-state index contributed by atoms with van der Waals surface area (Å²) in [6.07, 6.45) is 1.90. The minimum absolute atomic E-state index is 0.0527. The number of nitrogens with zero attached hydrogens (tertiary/aromatic N) is 4. The van der Waals surface area contributed by atoms with Gasteiger partial charge in [0.05, 0.1) is 13.1 Å². The van der Waals surface area contributed by atoms with E-state index in [4.69, 9.17) is 4.74 Å². The lowest BCUT2D eigenvalue weighted by molar-refractivity contribution is -0.144. The number of aromatic nitrogens is 4. The molecule has 0 atom stereocenters. The maximum atomic E-state index is 11.9. The molecule has 0 saturated heterocycles. The van der Waals surface area contributed by atoms with Crippen molar-refractivity contribution in [2.24, 2.45) is 0 Å². The summed E-state index contributed by atoms with van der Waals surface area (Å²) in [5, 5.41) is 15.1. The van der Waals surface area contributed by atoms with Crippen LogP contribution in [-0.4, -0.2) is 45.2 Å². The summed E-state index contributed by atoms with van der Waals surface area (Å²) in [6.45, 7) is 2.98. The van der Waals surface area contributed by atoms with Crippen molar-refractivity contribution in [1.29, 1.82) is 0 Å². The summed E-state index contributed by atoms with van der Waals surface area (Å²) < 4.78 is 5.16. The Kier molecular flexibility index (Phi) is 8.28. The van der Waals surface area contributed by atoms with Crippen molar-refractivity contribution in [3.05, 3.63) is 65.7 Å². The van der Waals surface area contributed by atoms with E-state index in [0.29, 0.717) is 38.2 Å². The van der Waals surface area contributed by atoms with E-state index in [0.717, 1.165) is 11.1 Å². The van der Waals surface area contributed by atoms with Gasteiger partial charge in [0.1, 0.15) is 6.61 Å². The van der Waals surface area contributed by atoms with Gasteiger partial charge in [0.25, 0.3) is 0 Å². The Bertz CT molecular complexity index is 970. The molecule has 0 saturated carbocycles. The summed E-state index contributed by atoms with van der Waals surface area (Å²) in [6, 6.07) is 17.7. The molecule has 8 nitrogen and oxygen atoms in total. The number of hydrogen-bond donors (Lipinski definition) is 1. The van der Waals surface area contributed by atoms with Crippen LogP contribution < -0.4 is 5.32 Å². The molecular weight excluding hydrogens is 394 g/mol. The molecule has 0 fully saturated rings. The quantitative estimate of drug-likeness (QED) is 0.378. The molecule has 1 N–H and O–H groups in total. The molecule has 8 heteroatoms. The third kappa shape index (κ3) is 7.65. The van der Waals surface area contributed by atoms with Gasteiger partial charge in [-0.3, -0.25) is 9.59 Å². The summed E-state index contributed by atoms with van der Waals surface area (Å²) in [5.74, 6) is 0.196. The second-order valence-corrected chi connectivity index (χ2v) is 7.23. The molecule has 2 aromatic carbocycles. The number of nitrogens with one attached hydrogen (secondary N) is 1. The van der Waals surface area contributed by atoms with Crippen molar-refractivity contribution >= 4 is 11.9 Å². The Morgan fingerprint density at radius 3 is 2.58 bits per heavy atom. The second-order valence-electron chi connectivity index (χ2n) is 7.23. The molecule has 0 bridgehead atoms. The highest BCUT2D eigenvalue weighted by Gasteiger charge is 2.08. The van der Waals surface area contributed by atoms with Crippen LogP contribution in [0.15, 0.2) is 54.6 Å². The molecule has 1 aromatic heterocycles. The van der Waals surface area contributed by atoms with Gasteiger partial charge >= 0.3 is 5.97 Å². The Balaban J connectivity index is 1.25. The summed E-state index contributed by atoms with van der Waals surface area (Å²) in [4.78, 5) is 25.2. The average Bonchev–Trinajstić information content (AvgIpc) is 3.26. The van der Waals surface area contributed by atoms with Crippen LogP contribution in [0.5, 0.6) is 0 Å². The van der Waals surface area contributed by atoms with E-state index < -0.39 is 0 Å². The molecule has 31 heavy (non-hydrogen) atoms. The lowest BCUT2D eigenvalue weighted by atomic mass is 10.1. The third-order valence-electron chi connectivity index (χ3n) is 4.67. The van der Waals surface area contributed by atoms with Crippen LogP contribution in [-0.2, 0) is 27.3 Å². The fraction of sp³-hybridized carbons (Fsp3) is 0.348. The minimum Gasteiger partial charge on any atom is -0.464 e. The molecule has 0 unspecified atom stereocenters. The highest BCUT2D eigenvalue weighted by molar-refractivity contribution is 5.76. The van der Waals surface area contributed by atoms with E-state index in [1.165, 1.54) is 10.4 Å². The van der Waals surface area contributed by atoms with E-state index >= 15 is 0 Å². The summed E-state index contributed by atoms with van der Waals surface area (Å²) in [7, 11) is 0. The van der Waals surface area contributed by atoms with Gasteiger partial charge in [-0.25, -0.2) is 0 Å². The highest BCUT2D eigenvalue weighted by atomic mass is 16.5. The lowest BCUT2D eigenvalue weighted by Gasteiger charge is -2.07. The third-order valence-corrected chi connectivity index (χ3v) is 4.67. The zero-order valence-corrected chi connectivity index (χ0v) is 17.7. The normalized spacial score (nSPS) is 10.6. The molecule has 162 valence electrons. The number of carbonyl (C=O) groups excluding carboxylic acids is 2. The minimum atomic E-state index is -0.308. The number of tetrazole rings is 1. The Labute approximate surface area is 181 Å². The van der Waals surface area contributed by atoms with E-state index in [1.54, 1.807) is 0 Å². The molecule has 1 amide bonds. The Hall–Kier alpha value is -3.55. The molecule has 3 aromatic rings. The molecule has 0 spiro atoms. The van der Waals surface area contributed by atoms with Crippen LogP contribution in [0.4, 0.5) is 0 Å². The maximum absolute atomic E-state index is 11.9. The molecule has 0 aliphatic heterocycles. The monoisotopic (exact) mass is 421 g/mol. The molecule has 0 aliphatic carbocycles. The topological polar surface area (TPSA) is 99.0 Å². The van der Waals surface area contributed by atoms with Gasteiger partial charge in [-0.1, -0.05) is 60.2 Å². The van der Waals surface area contributed by atoms with Crippen molar-refractivity contribution in [3.8, 4) is 11.4 Å². The van der Waals surface area contributed by atoms with E-state index in [1.807, 2.05) is 61.5 Å². The van der Waals surface area contributed by atoms with Gasteiger partial charge in [-0.2, -0.15) is 4.80 Å².